The van der Waals surface area contributed by atoms with Crippen LogP contribution in [0.3, 0.4) is 0 Å². The molecule has 0 saturated heterocycles. The number of fused-ring (bicyclic) bond motifs is 1. The van der Waals surface area contributed by atoms with Gasteiger partial charge in [0.05, 0.1) is 18.7 Å². The summed E-state index contributed by atoms with van der Waals surface area (Å²) in [6.45, 7) is 8.67. The van der Waals surface area contributed by atoms with Crippen molar-refractivity contribution in [3.05, 3.63) is 63.4 Å². The minimum Gasteiger partial charge on any atom is -0.490 e. The van der Waals surface area contributed by atoms with Gasteiger partial charge in [-0.1, -0.05) is 13.0 Å². The SMILES string of the molecule is CCOc1ccc(C(=O)Nc2ccc3c(C)c(CC)c(=O)[nH]c3c2)cc1OCC. The average Bonchev–Trinajstić information content (AvgIpc) is 2.69. The predicted molar refractivity (Wildman–Crippen MR) is 115 cm³/mol. The van der Waals surface area contributed by atoms with E-state index in [9.17, 15) is 9.59 Å². The Labute approximate surface area is 169 Å². The summed E-state index contributed by atoms with van der Waals surface area (Å²) >= 11 is 0. The summed E-state index contributed by atoms with van der Waals surface area (Å²) in [6, 6.07) is 10.6. The van der Waals surface area contributed by atoms with Crippen LogP contribution in [-0.4, -0.2) is 24.1 Å². The van der Waals surface area contributed by atoms with Crippen LogP contribution in [0.15, 0.2) is 41.2 Å². The van der Waals surface area contributed by atoms with Crippen molar-refractivity contribution in [1.82, 2.24) is 4.98 Å². The fraction of sp³-hybridized carbons (Fsp3) is 0.304. The van der Waals surface area contributed by atoms with Crippen molar-refractivity contribution in [2.45, 2.75) is 34.1 Å². The number of ether oxygens (including phenoxy) is 2. The number of amides is 1. The predicted octanol–water partition coefficient (Wildman–Crippen LogP) is 4.45. The van der Waals surface area contributed by atoms with E-state index in [4.69, 9.17) is 9.47 Å². The Bertz CT molecular complexity index is 1100. The molecule has 0 aliphatic heterocycles. The van der Waals surface area contributed by atoms with Gasteiger partial charge >= 0.3 is 0 Å². The van der Waals surface area contributed by atoms with Crippen molar-refractivity contribution < 1.29 is 14.3 Å². The number of benzene rings is 2. The van der Waals surface area contributed by atoms with Gasteiger partial charge in [0.25, 0.3) is 11.5 Å². The third-order valence-electron chi connectivity index (χ3n) is 4.82. The number of anilines is 1. The molecule has 2 N–H and O–H groups in total. The van der Waals surface area contributed by atoms with Crippen LogP contribution in [0.25, 0.3) is 10.9 Å². The van der Waals surface area contributed by atoms with Gasteiger partial charge in [-0.05, 0) is 63.1 Å². The molecule has 0 spiro atoms. The molecule has 1 heterocycles. The molecule has 3 rings (SSSR count). The number of hydrogen-bond acceptors (Lipinski definition) is 4. The van der Waals surface area contributed by atoms with Crippen LogP contribution in [0, 0.1) is 6.92 Å². The van der Waals surface area contributed by atoms with Gasteiger partial charge < -0.3 is 19.8 Å². The van der Waals surface area contributed by atoms with Gasteiger partial charge in [0.15, 0.2) is 11.5 Å². The molecule has 152 valence electrons. The number of carbonyl (C=O) groups is 1. The van der Waals surface area contributed by atoms with E-state index in [0.29, 0.717) is 47.9 Å². The van der Waals surface area contributed by atoms with E-state index in [1.165, 1.54) is 0 Å². The zero-order chi connectivity index (χ0) is 21.0. The summed E-state index contributed by atoms with van der Waals surface area (Å²) in [5, 5.41) is 3.85. The molecule has 0 aliphatic carbocycles. The first kappa shape index (κ1) is 20.5. The molecular weight excluding hydrogens is 368 g/mol. The lowest BCUT2D eigenvalue weighted by Crippen LogP contribution is -2.15. The first-order valence-electron chi connectivity index (χ1n) is 9.84. The van der Waals surface area contributed by atoms with Crippen molar-refractivity contribution in [2.75, 3.05) is 18.5 Å². The highest BCUT2D eigenvalue weighted by molar-refractivity contribution is 6.05. The topological polar surface area (TPSA) is 80.4 Å². The molecule has 1 amide bonds. The molecule has 1 aromatic heterocycles. The molecule has 0 unspecified atom stereocenters. The minimum atomic E-state index is -0.266. The van der Waals surface area contributed by atoms with Gasteiger partial charge in [0.1, 0.15) is 0 Å². The molecule has 3 aromatic rings. The second-order valence-corrected chi connectivity index (χ2v) is 6.65. The van der Waals surface area contributed by atoms with Crippen LogP contribution in [0.5, 0.6) is 11.5 Å². The zero-order valence-electron chi connectivity index (χ0n) is 17.2. The van der Waals surface area contributed by atoms with Crippen molar-refractivity contribution in [3.8, 4) is 11.5 Å². The maximum Gasteiger partial charge on any atom is 0.255 e. The molecule has 0 fully saturated rings. The summed E-state index contributed by atoms with van der Waals surface area (Å²) in [6.07, 6.45) is 0.676. The number of pyridine rings is 1. The van der Waals surface area contributed by atoms with Gasteiger partial charge in [-0.15, -0.1) is 0 Å². The van der Waals surface area contributed by atoms with E-state index in [1.54, 1.807) is 24.3 Å². The number of aromatic amines is 1. The summed E-state index contributed by atoms with van der Waals surface area (Å²) in [5.41, 5.74) is 3.43. The van der Waals surface area contributed by atoms with E-state index >= 15 is 0 Å². The van der Waals surface area contributed by atoms with Gasteiger partial charge in [-0.2, -0.15) is 0 Å². The molecule has 0 bridgehead atoms. The number of H-pyrrole nitrogens is 1. The van der Waals surface area contributed by atoms with Crippen LogP contribution in [0.4, 0.5) is 5.69 Å². The van der Waals surface area contributed by atoms with E-state index in [2.05, 4.69) is 10.3 Å². The first-order valence-corrected chi connectivity index (χ1v) is 9.84. The molecule has 0 radical (unpaired) electrons. The maximum absolute atomic E-state index is 12.7. The summed E-state index contributed by atoms with van der Waals surface area (Å²) in [7, 11) is 0. The smallest absolute Gasteiger partial charge is 0.255 e. The Hall–Kier alpha value is -3.28. The van der Waals surface area contributed by atoms with Crippen LogP contribution in [0.2, 0.25) is 0 Å². The molecule has 29 heavy (non-hydrogen) atoms. The highest BCUT2D eigenvalue weighted by Crippen LogP contribution is 2.29. The summed E-state index contributed by atoms with van der Waals surface area (Å²) < 4.78 is 11.1. The second-order valence-electron chi connectivity index (χ2n) is 6.65. The normalized spacial score (nSPS) is 10.8. The molecular formula is C23H26N2O4. The molecule has 2 aromatic carbocycles. The lowest BCUT2D eigenvalue weighted by atomic mass is 10.0. The second kappa shape index (κ2) is 8.82. The van der Waals surface area contributed by atoms with Gasteiger partial charge in [0.2, 0.25) is 0 Å². The quantitative estimate of drug-likeness (QED) is 0.620. The number of rotatable bonds is 7. The van der Waals surface area contributed by atoms with Crippen LogP contribution < -0.4 is 20.3 Å². The van der Waals surface area contributed by atoms with E-state index in [1.807, 2.05) is 39.8 Å². The molecule has 6 heteroatoms. The monoisotopic (exact) mass is 394 g/mol. The van der Waals surface area contributed by atoms with Crippen molar-refractivity contribution in [3.63, 3.8) is 0 Å². The van der Waals surface area contributed by atoms with Gasteiger partial charge in [0, 0.05) is 22.2 Å². The van der Waals surface area contributed by atoms with Crippen LogP contribution in [0.1, 0.15) is 42.3 Å². The van der Waals surface area contributed by atoms with Crippen molar-refractivity contribution in [2.24, 2.45) is 0 Å². The third kappa shape index (κ3) is 4.26. The number of hydrogen-bond donors (Lipinski definition) is 2. The molecule has 6 nitrogen and oxygen atoms in total. The Balaban J connectivity index is 1.89. The highest BCUT2D eigenvalue weighted by Gasteiger charge is 2.13. The number of carbonyl (C=O) groups excluding carboxylic acids is 1. The number of aryl methyl sites for hydroxylation is 1. The van der Waals surface area contributed by atoms with Crippen molar-refractivity contribution >= 4 is 22.5 Å². The van der Waals surface area contributed by atoms with E-state index in [-0.39, 0.29) is 11.5 Å². The minimum absolute atomic E-state index is 0.0890. The fourth-order valence-corrected chi connectivity index (χ4v) is 3.40. The number of nitrogens with one attached hydrogen (secondary N) is 2. The van der Waals surface area contributed by atoms with Crippen LogP contribution >= 0.6 is 0 Å². The Kier molecular flexibility index (Phi) is 6.22. The lowest BCUT2D eigenvalue weighted by molar-refractivity contribution is 0.102. The highest BCUT2D eigenvalue weighted by atomic mass is 16.5. The third-order valence-corrected chi connectivity index (χ3v) is 4.82. The first-order chi connectivity index (χ1) is 14.0. The molecule has 0 atom stereocenters. The van der Waals surface area contributed by atoms with Gasteiger partial charge in [-0.3, -0.25) is 9.59 Å². The average molecular weight is 394 g/mol. The van der Waals surface area contributed by atoms with Crippen LogP contribution in [-0.2, 0) is 6.42 Å². The van der Waals surface area contributed by atoms with Gasteiger partial charge in [-0.25, -0.2) is 0 Å². The zero-order valence-corrected chi connectivity index (χ0v) is 17.2. The van der Waals surface area contributed by atoms with E-state index in [0.717, 1.165) is 16.5 Å². The van der Waals surface area contributed by atoms with Crippen molar-refractivity contribution in [1.29, 1.82) is 0 Å². The summed E-state index contributed by atoms with van der Waals surface area (Å²) in [4.78, 5) is 27.9. The Morgan fingerprint density at radius 2 is 1.72 bits per heavy atom. The lowest BCUT2D eigenvalue weighted by Gasteiger charge is -2.13. The molecule has 0 saturated carbocycles. The van der Waals surface area contributed by atoms with E-state index < -0.39 is 0 Å². The molecule has 0 aliphatic rings. The maximum atomic E-state index is 12.7. The summed E-state index contributed by atoms with van der Waals surface area (Å²) in [5.74, 6) is 0.876. The Morgan fingerprint density at radius 1 is 1.00 bits per heavy atom. The largest absolute Gasteiger partial charge is 0.490 e. The fourth-order valence-electron chi connectivity index (χ4n) is 3.40. The standard InChI is InChI=1S/C23H26N2O4/c1-5-17-14(4)18-10-9-16(13-19(18)25-23(17)27)24-22(26)15-8-11-20(28-6-2)21(12-15)29-7-3/h8-13H,5-7H2,1-4H3,(H,24,26)(H,25,27). The number of aromatic nitrogens is 1. The Morgan fingerprint density at radius 3 is 2.41 bits per heavy atom.